The van der Waals surface area contributed by atoms with E-state index < -0.39 is 0 Å². The fourth-order valence-corrected chi connectivity index (χ4v) is 2.92. The molecule has 0 aliphatic rings. The van der Waals surface area contributed by atoms with E-state index in [4.69, 9.17) is 28.9 Å². The third kappa shape index (κ3) is 4.12. The van der Waals surface area contributed by atoms with Crippen LogP contribution in [-0.2, 0) is 0 Å². The second-order valence-corrected chi connectivity index (χ2v) is 6.95. The number of carbonyl (C=O) groups is 1. The minimum Gasteiger partial charge on any atom is -0.342 e. The summed E-state index contributed by atoms with van der Waals surface area (Å²) in [6.07, 6.45) is 0.773. The van der Waals surface area contributed by atoms with E-state index in [0.29, 0.717) is 26.7 Å². The molecule has 6 heteroatoms. The predicted molar refractivity (Wildman–Crippen MR) is 78.7 cm³/mol. The van der Waals surface area contributed by atoms with Crippen molar-refractivity contribution in [2.75, 3.05) is 13.6 Å². The SMILES string of the molecule is CC(C)C(N)CCN(C)C(=O)c1cc(Cl)sc1Cl. The normalized spacial score (nSPS) is 12.8. The summed E-state index contributed by atoms with van der Waals surface area (Å²) in [5, 5.41) is 0. The van der Waals surface area contributed by atoms with Gasteiger partial charge < -0.3 is 10.6 Å². The molecule has 0 bridgehead atoms. The van der Waals surface area contributed by atoms with E-state index in [1.807, 2.05) is 0 Å². The molecule has 1 atom stereocenters. The standard InChI is InChI=1S/C12H18Cl2N2OS/c1-7(2)9(15)4-5-16(3)12(17)8-6-10(13)18-11(8)14/h6-7,9H,4-5,15H2,1-3H3. The maximum Gasteiger partial charge on any atom is 0.256 e. The van der Waals surface area contributed by atoms with Gasteiger partial charge in [0.15, 0.2) is 0 Å². The lowest BCUT2D eigenvalue weighted by atomic mass is 10.0. The van der Waals surface area contributed by atoms with Gasteiger partial charge in [-0.3, -0.25) is 4.79 Å². The van der Waals surface area contributed by atoms with E-state index in [1.54, 1.807) is 18.0 Å². The van der Waals surface area contributed by atoms with Crippen molar-refractivity contribution in [1.82, 2.24) is 4.90 Å². The maximum atomic E-state index is 12.1. The van der Waals surface area contributed by atoms with Crippen molar-refractivity contribution in [3.05, 3.63) is 20.3 Å². The van der Waals surface area contributed by atoms with Crippen molar-refractivity contribution >= 4 is 40.4 Å². The Bertz CT molecular complexity index is 420. The molecular weight excluding hydrogens is 291 g/mol. The Morgan fingerprint density at radius 3 is 2.56 bits per heavy atom. The van der Waals surface area contributed by atoms with Gasteiger partial charge in [0.1, 0.15) is 4.34 Å². The fraction of sp³-hybridized carbons (Fsp3) is 0.583. The van der Waals surface area contributed by atoms with Crippen LogP contribution in [0.4, 0.5) is 0 Å². The van der Waals surface area contributed by atoms with Crippen LogP contribution in [0, 0.1) is 5.92 Å². The molecular formula is C12H18Cl2N2OS. The first-order chi connectivity index (χ1) is 8.32. The number of hydrogen-bond acceptors (Lipinski definition) is 3. The molecule has 1 aromatic heterocycles. The topological polar surface area (TPSA) is 46.3 Å². The molecule has 1 rings (SSSR count). The lowest BCUT2D eigenvalue weighted by Crippen LogP contribution is -2.34. The zero-order valence-corrected chi connectivity index (χ0v) is 13.1. The quantitative estimate of drug-likeness (QED) is 0.905. The van der Waals surface area contributed by atoms with Crippen molar-refractivity contribution in [3.8, 4) is 0 Å². The lowest BCUT2D eigenvalue weighted by molar-refractivity contribution is 0.0790. The Kier molecular flexibility index (Phi) is 5.92. The van der Waals surface area contributed by atoms with Gasteiger partial charge in [0.2, 0.25) is 0 Å². The van der Waals surface area contributed by atoms with Gasteiger partial charge >= 0.3 is 0 Å². The van der Waals surface area contributed by atoms with Gasteiger partial charge in [-0.25, -0.2) is 0 Å². The summed E-state index contributed by atoms with van der Waals surface area (Å²) >= 11 is 13.0. The Labute approximate surface area is 122 Å². The Balaban J connectivity index is 2.59. The summed E-state index contributed by atoms with van der Waals surface area (Å²) in [5.41, 5.74) is 6.42. The fourth-order valence-electron chi connectivity index (χ4n) is 1.47. The lowest BCUT2D eigenvalue weighted by Gasteiger charge is -2.21. The van der Waals surface area contributed by atoms with Crippen molar-refractivity contribution in [2.45, 2.75) is 26.3 Å². The molecule has 102 valence electrons. The van der Waals surface area contributed by atoms with Crippen molar-refractivity contribution < 1.29 is 4.79 Å². The maximum absolute atomic E-state index is 12.1. The van der Waals surface area contributed by atoms with Crippen LogP contribution in [-0.4, -0.2) is 30.4 Å². The zero-order valence-electron chi connectivity index (χ0n) is 10.7. The minimum absolute atomic E-state index is 0.0989. The molecule has 0 saturated heterocycles. The Hall–Kier alpha value is -0.290. The van der Waals surface area contributed by atoms with E-state index in [9.17, 15) is 4.79 Å². The number of carbonyl (C=O) groups excluding carboxylic acids is 1. The van der Waals surface area contributed by atoms with Crippen molar-refractivity contribution in [1.29, 1.82) is 0 Å². The van der Waals surface area contributed by atoms with E-state index in [1.165, 1.54) is 11.3 Å². The van der Waals surface area contributed by atoms with Gasteiger partial charge in [-0.2, -0.15) is 0 Å². The van der Waals surface area contributed by atoms with Crippen LogP contribution in [0.15, 0.2) is 6.07 Å². The Morgan fingerprint density at radius 2 is 2.11 bits per heavy atom. The highest BCUT2D eigenvalue weighted by Crippen LogP contribution is 2.31. The molecule has 1 heterocycles. The van der Waals surface area contributed by atoms with E-state index in [2.05, 4.69) is 13.8 Å². The highest BCUT2D eigenvalue weighted by atomic mass is 35.5. The number of amides is 1. The molecule has 1 unspecified atom stereocenters. The van der Waals surface area contributed by atoms with Gasteiger partial charge in [-0.05, 0) is 18.4 Å². The number of hydrogen-bond donors (Lipinski definition) is 1. The molecule has 0 spiro atoms. The summed E-state index contributed by atoms with van der Waals surface area (Å²) in [4.78, 5) is 13.7. The summed E-state index contributed by atoms with van der Waals surface area (Å²) < 4.78 is 0.959. The molecule has 0 fully saturated rings. The van der Waals surface area contributed by atoms with E-state index >= 15 is 0 Å². The molecule has 2 N–H and O–H groups in total. The highest BCUT2D eigenvalue weighted by molar-refractivity contribution is 7.20. The summed E-state index contributed by atoms with van der Waals surface area (Å²) in [6.45, 7) is 4.76. The van der Waals surface area contributed by atoms with Gasteiger partial charge in [-0.15, -0.1) is 11.3 Å². The molecule has 1 aromatic rings. The Morgan fingerprint density at radius 1 is 1.50 bits per heavy atom. The smallest absolute Gasteiger partial charge is 0.256 e. The molecule has 1 amide bonds. The van der Waals surface area contributed by atoms with E-state index in [-0.39, 0.29) is 11.9 Å². The largest absolute Gasteiger partial charge is 0.342 e. The second kappa shape index (κ2) is 6.75. The third-order valence-electron chi connectivity index (χ3n) is 2.89. The van der Waals surface area contributed by atoms with Gasteiger partial charge in [0.05, 0.1) is 9.90 Å². The first-order valence-electron chi connectivity index (χ1n) is 5.78. The molecule has 0 aromatic carbocycles. The van der Waals surface area contributed by atoms with Crippen LogP contribution in [0.25, 0.3) is 0 Å². The van der Waals surface area contributed by atoms with Crippen LogP contribution >= 0.6 is 34.5 Å². The van der Waals surface area contributed by atoms with Crippen LogP contribution < -0.4 is 5.73 Å². The van der Waals surface area contributed by atoms with Crippen molar-refractivity contribution in [3.63, 3.8) is 0 Å². The van der Waals surface area contributed by atoms with Crippen LogP contribution in [0.5, 0.6) is 0 Å². The number of rotatable bonds is 5. The van der Waals surface area contributed by atoms with Gasteiger partial charge in [0, 0.05) is 19.6 Å². The number of thiophene rings is 1. The molecule has 3 nitrogen and oxygen atoms in total. The average molecular weight is 309 g/mol. The first kappa shape index (κ1) is 15.8. The average Bonchev–Trinajstić information content (AvgIpc) is 2.63. The van der Waals surface area contributed by atoms with Crippen LogP contribution in [0.3, 0.4) is 0 Å². The van der Waals surface area contributed by atoms with E-state index in [0.717, 1.165) is 6.42 Å². The number of nitrogens with zero attached hydrogens (tertiary/aromatic N) is 1. The highest BCUT2D eigenvalue weighted by Gasteiger charge is 2.19. The third-order valence-corrected chi connectivity index (χ3v) is 4.38. The van der Waals surface area contributed by atoms with Crippen LogP contribution in [0.1, 0.15) is 30.6 Å². The molecule has 0 saturated carbocycles. The molecule has 18 heavy (non-hydrogen) atoms. The molecule has 0 aliphatic heterocycles. The number of halogens is 2. The predicted octanol–water partition coefficient (Wildman–Crippen LogP) is 3.50. The minimum atomic E-state index is -0.112. The van der Waals surface area contributed by atoms with Gasteiger partial charge in [0.25, 0.3) is 5.91 Å². The molecule has 0 radical (unpaired) electrons. The zero-order chi connectivity index (χ0) is 13.9. The van der Waals surface area contributed by atoms with Crippen molar-refractivity contribution in [2.24, 2.45) is 11.7 Å². The van der Waals surface area contributed by atoms with Gasteiger partial charge in [-0.1, -0.05) is 37.0 Å². The molecule has 0 aliphatic carbocycles. The summed E-state index contributed by atoms with van der Waals surface area (Å²) in [6, 6.07) is 1.71. The summed E-state index contributed by atoms with van der Waals surface area (Å²) in [5.74, 6) is 0.298. The second-order valence-electron chi connectivity index (χ2n) is 4.66. The monoisotopic (exact) mass is 308 g/mol. The number of nitrogens with two attached hydrogens (primary N) is 1. The first-order valence-corrected chi connectivity index (χ1v) is 7.36. The summed E-state index contributed by atoms with van der Waals surface area (Å²) in [7, 11) is 1.75. The van der Waals surface area contributed by atoms with Crippen LogP contribution in [0.2, 0.25) is 8.67 Å².